The number of benzene rings is 1. The van der Waals surface area contributed by atoms with Gasteiger partial charge in [0.1, 0.15) is 11.6 Å². The van der Waals surface area contributed by atoms with Gasteiger partial charge in [0.15, 0.2) is 0 Å². The quantitative estimate of drug-likeness (QED) is 0.795. The Hall–Kier alpha value is -1.17. The van der Waals surface area contributed by atoms with Crippen LogP contribution in [0.25, 0.3) is 0 Å². The van der Waals surface area contributed by atoms with E-state index in [1.165, 1.54) is 0 Å². The minimum atomic E-state index is -3.57. The number of rotatable bonds is 2. The summed E-state index contributed by atoms with van der Waals surface area (Å²) in [6, 6.07) is 2.53. The minimum absolute atomic E-state index is 0.387. The first-order valence-electron chi connectivity index (χ1n) is 3.31. The van der Waals surface area contributed by atoms with E-state index in [0.717, 1.165) is 24.5 Å². The Balaban J connectivity index is 3.08. The molecule has 0 heterocycles. The molecule has 0 fully saturated rings. The zero-order valence-corrected chi connectivity index (χ0v) is 7.53. The van der Waals surface area contributed by atoms with Crippen LogP contribution < -0.4 is 4.72 Å². The predicted molar refractivity (Wildman–Crippen MR) is 44.8 cm³/mol. The first-order valence-corrected chi connectivity index (χ1v) is 5.20. The van der Waals surface area contributed by atoms with Crippen LogP contribution in [0.1, 0.15) is 0 Å². The summed E-state index contributed by atoms with van der Waals surface area (Å²) < 4.78 is 48.5. The summed E-state index contributed by atoms with van der Waals surface area (Å²) in [7, 11) is -3.57. The van der Waals surface area contributed by atoms with E-state index in [1.54, 1.807) is 0 Å². The highest BCUT2D eigenvalue weighted by atomic mass is 32.2. The van der Waals surface area contributed by atoms with Crippen LogP contribution in [-0.4, -0.2) is 14.7 Å². The number of hydrogen-bond donors (Lipinski definition) is 1. The monoisotopic (exact) mass is 207 g/mol. The van der Waals surface area contributed by atoms with Gasteiger partial charge < -0.3 is 0 Å². The van der Waals surface area contributed by atoms with Crippen LogP contribution in [0, 0.1) is 11.6 Å². The van der Waals surface area contributed by atoms with Gasteiger partial charge in [-0.05, 0) is 12.1 Å². The fraction of sp³-hybridized carbons (Fsp3) is 0.143. The van der Waals surface area contributed by atoms with Crippen LogP contribution in [0.4, 0.5) is 14.5 Å². The van der Waals surface area contributed by atoms with Crippen molar-refractivity contribution in [2.75, 3.05) is 11.0 Å². The van der Waals surface area contributed by atoms with E-state index in [-0.39, 0.29) is 5.69 Å². The first kappa shape index (κ1) is 9.91. The molecular formula is C7H7F2NO2S. The topological polar surface area (TPSA) is 46.2 Å². The molecular weight excluding hydrogens is 200 g/mol. The van der Waals surface area contributed by atoms with E-state index in [2.05, 4.69) is 0 Å². The molecule has 0 amide bonds. The molecule has 3 nitrogen and oxygen atoms in total. The van der Waals surface area contributed by atoms with Crippen LogP contribution in [-0.2, 0) is 10.0 Å². The molecule has 1 N–H and O–H groups in total. The third kappa shape index (κ3) is 2.98. The van der Waals surface area contributed by atoms with Crippen molar-refractivity contribution in [1.29, 1.82) is 0 Å². The number of anilines is 1. The largest absolute Gasteiger partial charge is 0.281 e. The van der Waals surface area contributed by atoms with Crippen molar-refractivity contribution in [3.05, 3.63) is 29.8 Å². The molecule has 0 aliphatic rings. The number of nitrogens with one attached hydrogen (secondary N) is 1. The minimum Gasteiger partial charge on any atom is -0.281 e. The molecule has 0 aliphatic heterocycles. The molecule has 0 saturated heterocycles. The molecule has 0 atom stereocenters. The lowest BCUT2D eigenvalue weighted by molar-refractivity contribution is 0.597. The molecule has 1 aromatic carbocycles. The molecule has 0 aliphatic carbocycles. The molecule has 0 unspecified atom stereocenters. The van der Waals surface area contributed by atoms with Crippen LogP contribution in [0.15, 0.2) is 18.2 Å². The van der Waals surface area contributed by atoms with Crippen molar-refractivity contribution in [3.8, 4) is 0 Å². The highest BCUT2D eigenvalue weighted by Gasteiger charge is 2.07. The lowest BCUT2D eigenvalue weighted by Gasteiger charge is -2.04. The summed E-state index contributed by atoms with van der Waals surface area (Å²) in [5.41, 5.74) is -0.387. The maximum Gasteiger partial charge on any atom is 0.229 e. The predicted octanol–water partition coefficient (Wildman–Crippen LogP) is 1.34. The second-order valence-electron chi connectivity index (χ2n) is 2.50. The van der Waals surface area contributed by atoms with E-state index in [9.17, 15) is 17.2 Å². The SMILES string of the molecule is CS(=O)(=O)Nc1cc(F)ccc1F. The summed E-state index contributed by atoms with van der Waals surface area (Å²) in [4.78, 5) is 0. The van der Waals surface area contributed by atoms with Gasteiger partial charge in [-0.25, -0.2) is 17.2 Å². The maximum absolute atomic E-state index is 12.8. The van der Waals surface area contributed by atoms with Crippen molar-refractivity contribution < 1.29 is 17.2 Å². The smallest absolute Gasteiger partial charge is 0.229 e. The van der Waals surface area contributed by atoms with Crippen molar-refractivity contribution in [2.24, 2.45) is 0 Å². The molecule has 0 bridgehead atoms. The second-order valence-corrected chi connectivity index (χ2v) is 4.25. The third-order valence-corrected chi connectivity index (χ3v) is 1.81. The highest BCUT2D eigenvalue weighted by molar-refractivity contribution is 7.92. The Morgan fingerprint density at radius 2 is 1.92 bits per heavy atom. The number of hydrogen-bond acceptors (Lipinski definition) is 2. The van der Waals surface area contributed by atoms with Gasteiger partial charge >= 0.3 is 0 Å². The van der Waals surface area contributed by atoms with Gasteiger partial charge in [-0.15, -0.1) is 0 Å². The molecule has 0 saturated carbocycles. The molecule has 0 aromatic heterocycles. The average molecular weight is 207 g/mol. The standard InChI is InChI=1S/C7H7F2NO2S/c1-13(11,12)10-7-4-5(8)2-3-6(7)9/h2-4,10H,1H3. The molecule has 1 aromatic rings. The Morgan fingerprint density at radius 1 is 1.31 bits per heavy atom. The summed E-state index contributed by atoms with van der Waals surface area (Å²) in [6.45, 7) is 0. The second kappa shape index (κ2) is 3.29. The molecule has 0 radical (unpaired) electrons. The third-order valence-electron chi connectivity index (χ3n) is 1.22. The zero-order chi connectivity index (χ0) is 10.1. The van der Waals surface area contributed by atoms with Gasteiger partial charge in [-0.2, -0.15) is 0 Å². The fourth-order valence-electron chi connectivity index (χ4n) is 0.775. The van der Waals surface area contributed by atoms with E-state index >= 15 is 0 Å². The highest BCUT2D eigenvalue weighted by Crippen LogP contribution is 2.15. The van der Waals surface area contributed by atoms with E-state index < -0.39 is 21.7 Å². The van der Waals surface area contributed by atoms with E-state index in [4.69, 9.17) is 0 Å². The van der Waals surface area contributed by atoms with Crippen LogP contribution in [0.5, 0.6) is 0 Å². The summed E-state index contributed by atoms with van der Waals surface area (Å²) in [6.07, 6.45) is 0.858. The summed E-state index contributed by atoms with van der Waals surface area (Å²) >= 11 is 0. The van der Waals surface area contributed by atoms with Gasteiger partial charge in [0.2, 0.25) is 10.0 Å². The lowest BCUT2D eigenvalue weighted by atomic mass is 10.3. The Labute approximate surface area is 74.4 Å². The molecule has 13 heavy (non-hydrogen) atoms. The van der Waals surface area contributed by atoms with Crippen molar-refractivity contribution >= 4 is 15.7 Å². The summed E-state index contributed by atoms with van der Waals surface area (Å²) in [5.74, 6) is -1.51. The van der Waals surface area contributed by atoms with E-state index in [1.807, 2.05) is 4.72 Å². The van der Waals surface area contributed by atoms with Gasteiger partial charge in [0.05, 0.1) is 11.9 Å². The van der Waals surface area contributed by atoms with Gasteiger partial charge in [-0.1, -0.05) is 0 Å². The Kier molecular flexibility index (Phi) is 2.51. The maximum atomic E-state index is 12.8. The van der Waals surface area contributed by atoms with Crippen molar-refractivity contribution in [1.82, 2.24) is 0 Å². The van der Waals surface area contributed by atoms with Crippen LogP contribution in [0.2, 0.25) is 0 Å². The lowest BCUT2D eigenvalue weighted by Crippen LogP contribution is -2.10. The number of sulfonamides is 1. The Morgan fingerprint density at radius 3 is 2.46 bits per heavy atom. The normalized spacial score (nSPS) is 11.3. The Bertz CT molecular complexity index is 417. The van der Waals surface area contributed by atoms with Crippen molar-refractivity contribution in [2.45, 2.75) is 0 Å². The van der Waals surface area contributed by atoms with Crippen LogP contribution >= 0.6 is 0 Å². The van der Waals surface area contributed by atoms with Crippen LogP contribution in [0.3, 0.4) is 0 Å². The van der Waals surface area contributed by atoms with Crippen molar-refractivity contribution in [3.63, 3.8) is 0 Å². The van der Waals surface area contributed by atoms with Gasteiger partial charge in [0, 0.05) is 6.07 Å². The fourth-order valence-corrected chi connectivity index (χ4v) is 1.33. The van der Waals surface area contributed by atoms with E-state index in [0.29, 0.717) is 0 Å². The molecule has 1 rings (SSSR count). The average Bonchev–Trinajstić information content (AvgIpc) is 1.94. The van der Waals surface area contributed by atoms with Gasteiger partial charge in [-0.3, -0.25) is 4.72 Å². The molecule has 6 heteroatoms. The zero-order valence-electron chi connectivity index (χ0n) is 6.71. The molecule has 0 spiro atoms. The summed E-state index contributed by atoms with van der Waals surface area (Å²) in [5, 5.41) is 0. The van der Waals surface area contributed by atoms with Gasteiger partial charge in [0.25, 0.3) is 0 Å². The number of halogens is 2. The molecule has 72 valence electrons. The first-order chi connectivity index (χ1) is 5.88.